The van der Waals surface area contributed by atoms with Crippen molar-refractivity contribution in [2.45, 2.75) is 111 Å². The predicted octanol–water partition coefficient (Wildman–Crippen LogP) is 6.04. The Kier molecular flexibility index (Phi) is 16.6. The number of nitrogens with one attached hydrogen (secondary N) is 1. The van der Waals surface area contributed by atoms with Gasteiger partial charge >= 0.3 is 0 Å². The molecule has 0 aliphatic heterocycles. The Morgan fingerprint density at radius 2 is 1.54 bits per heavy atom. The molecule has 1 amide bonds. The molecule has 3 nitrogen and oxygen atoms in total. The molecule has 3 heteroatoms. The number of amides is 1. The van der Waals surface area contributed by atoms with Crippen LogP contribution in [0.1, 0.15) is 105 Å². The fourth-order valence-corrected chi connectivity index (χ4v) is 2.88. The summed E-state index contributed by atoms with van der Waals surface area (Å²) in [5.41, 5.74) is 8.86. The third kappa shape index (κ3) is 17.7. The van der Waals surface area contributed by atoms with Crippen molar-refractivity contribution in [2.24, 2.45) is 5.73 Å². The van der Waals surface area contributed by atoms with Crippen LogP contribution in [0.25, 0.3) is 0 Å². The van der Waals surface area contributed by atoms with E-state index in [1.807, 2.05) is 0 Å². The summed E-state index contributed by atoms with van der Waals surface area (Å²) in [4.78, 5) is 11.9. The second-order valence-electron chi connectivity index (χ2n) is 7.90. The molecule has 0 aromatic carbocycles. The first kappa shape index (κ1) is 24.9. The van der Waals surface area contributed by atoms with Crippen LogP contribution in [-0.2, 0) is 4.79 Å². The summed E-state index contributed by atoms with van der Waals surface area (Å²) in [6.45, 7) is 9.24. The van der Waals surface area contributed by atoms with Gasteiger partial charge in [0.1, 0.15) is 0 Å². The fourth-order valence-electron chi connectivity index (χ4n) is 2.88. The topological polar surface area (TPSA) is 55.1 Å². The highest BCUT2D eigenvalue weighted by atomic mass is 16.1. The quantitative estimate of drug-likeness (QED) is 0.259. The number of carbonyl (C=O) groups excluding carboxylic acids is 1. The van der Waals surface area contributed by atoms with E-state index in [4.69, 9.17) is 5.73 Å². The molecule has 0 saturated carbocycles. The molecular formula is C23H44N2O. The van der Waals surface area contributed by atoms with Crippen LogP contribution in [0.5, 0.6) is 0 Å². The summed E-state index contributed by atoms with van der Waals surface area (Å²) < 4.78 is 0. The van der Waals surface area contributed by atoms with Crippen molar-refractivity contribution in [3.8, 4) is 0 Å². The molecule has 0 saturated heterocycles. The highest BCUT2D eigenvalue weighted by molar-refractivity contribution is 5.75. The van der Waals surface area contributed by atoms with Gasteiger partial charge in [-0.2, -0.15) is 0 Å². The van der Waals surface area contributed by atoms with E-state index < -0.39 is 0 Å². The number of hydrogen-bond donors (Lipinski definition) is 2. The van der Waals surface area contributed by atoms with E-state index in [1.165, 1.54) is 56.1 Å². The zero-order valence-corrected chi connectivity index (χ0v) is 17.9. The molecule has 0 aliphatic rings. The molecule has 152 valence electrons. The van der Waals surface area contributed by atoms with Crippen LogP contribution in [0.3, 0.4) is 0 Å². The number of hydrogen-bond acceptors (Lipinski definition) is 2. The van der Waals surface area contributed by atoms with Crippen LogP contribution >= 0.6 is 0 Å². The van der Waals surface area contributed by atoms with Crippen molar-refractivity contribution < 1.29 is 4.79 Å². The lowest BCUT2D eigenvalue weighted by atomic mass is 10.1. The maximum Gasteiger partial charge on any atom is 0.220 e. The van der Waals surface area contributed by atoms with Gasteiger partial charge in [0.25, 0.3) is 0 Å². The normalized spacial score (nSPS) is 12.7. The molecule has 3 N–H and O–H groups in total. The zero-order chi connectivity index (χ0) is 19.6. The molecule has 0 spiro atoms. The molecule has 0 aliphatic carbocycles. The number of nitrogens with two attached hydrogens (primary N) is 1. The van der Waals surface area contributed by atoms with Gasteiger partial charge in [-0.05, 0) is 46.5 Å². The Bertz CT molecular complexity index is 408. The maximum absolute atomic E-state index is 11.9. The average Bonchev–Trinajstić information content (AvgIpc) is 2.60. The van der Waals surface area contributed by atoms with E-state index in [1.54, 1.807) is 0 Å². The SMILES string of the molecule is CCCCCCCCCCC(=O)NCC(N)CC=C(C)CCC=C(C)C. The number of carbonyl (C=O) groups is 1. The minimum atomic E-state index is 0.0101. The summed E-state index contributed by atoms with van der Waals surface area (Å²) >= 11 is 0. The molecular weight excluding hydrogens is 320 g/mol. The minimum Gasteiger partial charge on any atom is -0.355 e. The van der Waals surface area contributed by atoms with Crippen molar-refractivity contribution in [3.05, 3.63) is 23.3 Å². The highest BCUT2D eigenvalue weighted by Gasteiger charge is 2.05. The molecule has 0 bridgehead atoms. The van der Waals surface area contributed by atoms with Gasteiger partial charge in [0, 0.05) is 19.0 Å². The molecule has 1 unspecified atom stereocenters. The molecule has 0 rings (SSSR count). The zero-order valence-electron chi connectivity index (χ0n) is 17.9. The average molecular weight is 365 g/mol. The van der Waals surface area contributed by atoms with E-state index in [0.29, 0.717) is 13.0 Å². The first-order valence-corrected chi connectivity index (χ1v) is 10.8. The number of unbranched alkanes of at least 4 members (excludes halogenated alkanes) is 7. The molecule has 0 aromatic rings. The Hall–Kier alpha value is -1.09. The summed E-state index contributed by atoms with van der Waals surface area (Å²) in [5, 5.41) is 2.98. The molecule has 0 aromatic heterocycles. The third-order valence-corrected chi connectivity index (χ3v) is 4.68. The monoisotopic (exact) mass is 364 g/mol. The van der Waals surface area contributed by atoms with Gasteiger partial charge in [-0.3, -0.25) is 4.79 Å². The second-order valence-corrected chi connectivity index (χ2v) is 7.90. The lowest BCUT2D eigenvalue weighted by Gasteiger charge is -2.11. The highest BCUT2D eigenvalue weighted by Crippen LogP contribution is 2.10. The van der Waals surface area contributed by atoms with E-state index >= 15 is 0 Å². The molecule has 1 atom stereocenters. The van der Waals surface area contributed by atoms with Gasteiger partial charge in [0.05, 0.1) is 0 Å². The van der Waals surface area contributed by atoms with E-state index in [9.17, 15) is 4.79 Å². The molecule has 0 heterocycles. The second kappa shape index (κ2) is 17.3. The van der Waals surface area contributed by atoms with Gasteiger partial charge < -0.3 is 11.1 Å². The Labute approximate surface area is 162 Å². The Balaban J connectivity index is 3.64. The van der Waals surface area contributed by atoms with E-state index in [-0.39, 0.29) is 11.9 Å². The standard InChI is InChI=1S/C23H44N2O/c1-5-6-7-8-9-10-11-12-16-23(26)25-19-22(24)18-17-21(4)15-13-14-20(2)3/h14,17,22H,5-13,15-16,18-19,24H2,1-4H3,(H,25,26). The van der Waals surface area contributed by atoms with Crippen molar-refractivity contribution in [1.82, 2.24) is 5.32 Å². The van der Waals surface area contributed by atoms with Crippen LogP contribution < -0.4 is 11.1 Å². The summed E-state index contributed by atoms with van der Waals surface area (Å²) in [5.74, 6) is 0.149. The first-order chi connectivity index (χ1) is 12.5. The summed E-state index contributed by atoms with van der Waals surface area (Å²) in [6.07, 6.45) is 18.2. The molecule has 0 radical (unpaired) electrons. The van der Waals surface area contributed by atoms with Gasteiger partial charge in [0.15, 0.2) is 0 Å². The van der Waals surface area contributed by atoms with Crippen LogP contribution in [0.15, 0.2) is 23.3 Å². The van der Waals surface area contributed by atoms with Crippen molar-refractivity contribution in [3.63, 3.8) is 0 Å². The molecule has 26 heavy (non-hydrogen) atoms. The van der Waals surface area contributed by atoms with Crippen molar-refractivity contribution in [1.29, 1.82) is 0 Å². The van der Waals surface area contributed by atoms with Gasteiger partial charge in [-0.25, -0.2) is 0 Å². The summed E-state index contributed by atoms with van der Waals surface area (Å²) in [7, 11) is 0. The Morgan fingerprint density at radius 3 is 2.15 bits per heavy atom. The van der Waals surface area contributed by atoms with Gasteiger partial charge in [-0.15, -0.1) is 0 Å². The smallest absolute Gasteiger partial charge is 0.220 e. The fraction of sp³-hybridized carbons (Fsp3) is 0.783. The minimum absolute atomic E-state index is 0.0101. The van der Waals surface area contributed by atoms with Crippen LogP contribution in [0.4, 0.5) is 0 Å². The first-order valence-electron chi connectivity index (χ1n) is 10.8. The van der Waals surface area contributed by atoms with E-state index in [0.717, 1.165) is 25.7 Å². The van der Waals surface area contributed by atoms with Gasteiger partial charge in [0.2, 0.25) is 5.91 Å². The summed E-state index contributed by atoms with van der Waals surface area (Å²) in [6, 6.07) is 0.0101. The maximum atomic E-state index is 11.9. The number of allylic oxidation sites excluding steroid dienone is 3. The Morgan fingerprint density at radius 1 is 0.923 bits per heavy atom. The van der Waals surface area contributed by atoms with Crippen LogP contribution in [0.2, 0.25) is 0 Å². The lowest BCUT2D eigenvalue weighted by molar-refractivity contribution is -0.121. The molecule has 0 fully saturated rings. The van der Waals surface area contributed by atoms with Crippen LogP contribution in [0, 0.1) is 0 Å². The number of rotatable bonds is 16. The third-order valence-electron chi connectivity index (χ3n) is 4.68. The van der Waals surface area contributed by atoms with Crippen molar-refractivity contribution in [2.75, 3.05) is 6.54 Å². The van der Waals surface area contributed by atoms with Crippen LogP contribution in [-0.4, -0.2) is 18.5 Å². The van der Waals surface area contributed by atoms with Gasteiger partial charge in [-0.1, -0.05) is 75.2 Å². The van der Waals surface area contributed by atoms with E-state index in [2.05, 4.69) is 45.2 Å². The predicted molar refractivity (Wildman–Crippen MR) is 115 cm³/mol. The van der Waals surface area contributed by atoms with Crippen molar-refractivity contribution >= 4 is 5.91 Å². The largest absolute Gasteiger partial charge is 0.355 e. The lowest BCUT2D eigenvalue weighted by Crippen LogP contribution is -2.36.